The Morgan fingerprint density at radius 2 is 2.11 bits per heavy atom. The summed E-state index contributed by atoms with van der Waals surface area (Å²) < 4.78 is 27.5. The van der Waals surface area contributed by atoms with Crippen molar-refractivity contribution in [1.82, 2.24) is 14.8 Å². The first-order valence-electron chi connectivity index (χ1n) is 8.90. The summed E-state index contributed by atoms with van der Waals surface area (Å²) in [7, 11) is 0. The number of carbonyl (C=O) groups is 2. The minimum Gasteiger partial charge on any atom is -0.338 e. The molecule has 2 amide bonds. The molecule has 0 saturated carbocycles. The van der Waals surface area contributed by atoms with E-state index >= 15 is 0 Å². The second-order valence-electron chi connectivity index (χ2n) is 7.17. The zero-order valence-corrected chi connectivity index (χ0v) is 15.5. The fourth-order valence-corrected chi connectivity index (χ4v) is 4.61. The molecule has 5 nitrogen and oxygen atoms in total. The lowest BCUT2D eigenvalue weighted by molar-refractivity contribution is -0.146. The minimum absolute atomic E-state index is 0.0458. The topological polar surface area (TPSA) is 53.5 Å². The van der Waals surface area contributed by atoms with Gasteiger partial charge in [0.25, 0.3) is 5.91 Å². The Balaban J connectivity index is 1.50. The van der Waals surface area contributed by atoms with E-state index in [9.17, 15) is 18.4 Å². The molecule has 0 radical (unpaired) electrons. The molecule has 8 heteroatoms. The zero-order chi connectivity index (χ0) is 19.0. The van der Waals surface area contributed by atoms with Gasteiger partial charge in [0.2, 0.25) is 5.91 Å². The van der Waals surface area contributed by atoms with E-state index in [0.29, 0.717) is 38.2 Å². The number of nitrogens with zero attached hydrogens (tertiary/aromatic N) is 3. The molecular weight excluding hydrogens is 372 g/mol. The molecule has 0 aliphatic carbocycles. The number of hydrogen-bond donors (Lipinski definition) is 0. The number of piperidine rings is 1. The third-order valence-electron chi connectivity index (χ3n) is 5.51. The molecule has 0 bridgehead atoms. The van der Waals surface area contributed by atoms with Crippen LogP contribution in [0.2, 0.25) is 0 Å². The maximum Gasteiger partial charge on any atom is 0.273 e. The average molecular weight is 391 g/mol. The molecule has 0 unspecified atom stereocenters. The smallest absolute Gasteiger partial charge is 0.273 e. The summed E-state index contributed by atoms with van der Waals surface area (Å²) >= 11 is 1.36. The number of rotatable bonds is 3. The predicted molar refractivity (Wildman–Crippen MR) is 96.1 cm³/mol. The highest BCUT2D eigenvalue weighted by molar-refractivity contribution is 7.07. The van der Waals surface area contributed by atoms with Crippen LogP contribution in [0.3, 0.4) is 0 Å². The van der Waals surface area contributed by atoms with E-state index in [-0.39, 0.29) is 23.9 Å². The normalized spacial score (nSPS) is 22.7. The van der Waals surface area contributed by atoms with Crippen molar-refractivity contribution in [2.75, 3.05) is 19.6 Å². The number of thiazole rings is 1. The SMILES string of the molecule is O=C(c1cscn1)N1CC[C@]2(CCCN(Cc3cccc(F)c3F)C2=O)C1. The quantitative estimate of drug-likeness (QED) is 0.808. The molecule has 2 aromatic rings. The maximum absolute atomic E-state index is 14.0. The molecule has 1 aromatic carbocycles. The van der Waals surface area contributed by atoms with Crippen molar-refractivity contribution >= 4 is 23.2 Å². The van der Waals surface area contributed by atoms with Crippen LogP contribution in [0.1, 0.15) is 35.3 Å². The predicted octanol–water partition coefficient (Wildman–Crippen LogP) is 3.08. The Bertz CT molecular complexity index is 874. The molecule has 2 fully saturated rings. The number of benzene rings is 1. The molecule has 2 aliphatic rings. The molecular formula is C19H19F2N3O2S. The van der Waals surface area contributed by atoms with Gasteiger partial charge in [0, 0.05) is 37.1 Å². The lowest BCUT2D eigenvalue weighted by Gasteiger charge is -2.39. The van der Waals surface area contributed by atoms with E-state index in [1.807, 2.05) is 0 Å². The Labute approximate surface area is 159 Å². The van der Waals surface area contributed by atoms with E-state index in [1.54, 1.807) is 20.7 Å². The summed E-state index contributed by atoms with van der Waals surface area (Å²) in [6.45, 7) is 1.41. The highest BCUT2D eigenvalue weighted by atomic mass is 32.1. The summed E-state index contributed by atoms with van der Waals surface area (Å²) in [5.41, 5.74) is 1.56. The second-order valence-corrected chi connectivity index (χ2v) is 7.89. The van der Waals surface area contributed by atoms with Gasteiger partial charge in [-0.05, 0) is 25.3 Å². The minimum atomic E-state index is -0.910. The first-order valence-corrected chi connectivity index (χ1v) is 9.84. The van der Waals surface area contributed by atoms with Crippen LogP contribution >= 0.6 is 11.3 Å². The second kappa shape index (κ2) is 6.99. The summed E-state index contributed by atoms with van der Waals surface area (Å²) in [5.74, 6) is -2.05. The van der Waals surface area contributed by atoms with Crippen molar-refractivity contribution in [3.8, 4) is 0 Å². The molecule has 4 rings (SSSR count). The third-order valence-corrected chi connectivity index (χ3v) is 6.10. The molecule has 1 atom stereocenters. The Morgan fingerprint density at radius 1 is 1.26 bits per heavy atom. The molecule has 1 spiro atoms. The number of hydrogen-bond acceptors (Lipinski definition) is 4. The van der Waals surface area contributed by atoms with Crippen LogP contribution in [0.5, 0.6) is 0 Å². The largest absolute Gasteiger partial charge is 0.338 e. The average Bonchev–Trinajstić information content (AvgIpc) is 3.33. The van der Waals surface area contributed by atoms with E-state index in [2.05, 4.69) is 4.98 Å². The Kier molecular flexibility index (Phi) is 4.67. The van der Waals surface area contributed by atoms with Crippen molar-refractivity contribution in [2.45, 2.75) is 25.8 Å². The molecule has 1 aromatic heterocycles. The number of aromatic nitrogens is 1. The standard InChI is InChI=1S/C19H19F2N3O2S/c20-14-4-1-3-13(16(14)21)9-23-7-2-5-19(18(23)26)6-8-24(11-19)17(25)15-10-27-12-22-15/h1,3-4,10,12H,2,5-9,11H2/t19-/m1/s1. The van der Waals surface area contributed by atoms with Gasteiger partial charge in [0.1, 0.15) is 5.69 Å². The lowest BCUT2D eigenvalue weighted by Crippen LogP contribution is -2.50. The number of halogens is 2. The van der Waals surface area contributed by atoms with E-state index in [0.717, 1.165) is 12.5 Å². The van der Waals surface area contributed by atoms with Crippen LogP contribution in [0, 0.1) is 17.0 Å². The molecule has 0 N–H and O–H groups in total. The van der Waals surface area contributed by atoms with Gasteiger partial charge in [-0.1, -0.05) is 12.1 Å². The van der Waals surface area contributed by atoms with Crippen molar-refractivity contribution in [3.05, 3.63) is 52.0 Å². The zero-order valence-electron chi connectivity index (χ0n) is 14.7. The van der Waals surface area contributed by atoms with Gasteiger partial charge >= 0.3 is 0 Å². The lowest BCUT2D eigenvalue weighted by atomic mass is 9.78. The van der Waals surface area contributed by atoms with Crippen LogP contribution in [-0.2, 0) is 11.3 Å². The van der Waals surface area contributed by atoms with Gasteiger partial charge in [-0.2, -0.15) is 0 Å². The van der Waals surface area contributed by atoms with Gasteiger partial charge in [-0.15, -0.1) is 11.3 Å². The van der Waals surface area contributed by atoms with Crippen LogP contribution in [0.4, 0.5) is 8.78 Å². The van der Waals surface area contributed by atoms with Crippen molar-refractivity contribution < 1.29 is 18.4 Å². The third kappa shape index (κ3) is 3.22. The molecule has 142 valence electrons. The van der Waals surface area contributed by atoms with Crippen LogP contribution in [0.25, 0.3) is 0 Å². The van der Waals surface area contributed by atoms with Crippen molar-refractivity contribution in [3.63, 3.8) is 0 Å². The van der Waals surface area contributed by atoms with Crippen LogP contribution < -0.4 is 0 Å². The first kappa shape index (κ1) is 18.0. The Hall–Kier alpha value is -2.35. The van der Waals surface area contributed by atoms with Crippen LogP contribution in [0.15, 0.2) is 29.1 Å². The molecule has 27 heavy (non-hydrogen) atoms. The summed E-state index contributed by atoms with van der Waals surface area (Å²) in [6, 6.07) is 4.01. The molecule has 3 heterocycles. The highest BCUT2D eigenvalue weighted by Gasteiger charge is 2.49. The van der Waals surface area contributed by atoms with E-state index in [4.69, 9.17) is 0 Å². The molecule has 2 saturated heterocycles. The number of amides is 2. The summed E-state index contributed by atoms with van der Waals surface area (Å²) in [6.07, 6.45) is 2.07. The fraction of sp³-hybridized carbons (Fsp3) is 0.421. The number of likely N-dealkylation sites (tertiary alicyclic amines) is 2. The first-order chi connectivity index (χ1) is 13.0. The van der Waals surface area contributed by atoms with Crippen molar-refractivity contribution in [1.29, 1.82) is 0 Å². The van der Waals surface area contributed by atoms with Crippen molar-refractivity contribution in [2.24, 2.45) is 5.41 Å². The van der Waals surface area contributed by atoms with Gasteiger partial charge in [0.05, 0.1) is 10.9 Å². The summed E-state index contributed by atoms with van der Waals surface area (Å²) in [5, 5.41) is 1.70. The Morgan fingerprint density at radius 3 is 2.89 bits per heavy atom. The van der Waals surface area contributed by atoms with Gasteiger partial charge in [0.15, 0.2) is 11.6 Å². The number of carbonyl (C=O) groups excluding carboxylic acids is 2. The molecule has 2 aliphatic heterocycles. The van der Waals surface area contributed by atoms with E-state index < -0.39 is 17.0 Å². The summed E-state index contributed by atoms with van der Waals surface area (Å²) in [4.78, 5) is 33.0. The van der Waals surface area contributed by atoms with Gasteiger partial charge < -0.3 is 9.80 Å². The van der Waals surface area contributed by atoms with E-state index in [1.165, 1.54) is 23.5 Å². The fourth-order valence-electron chi connectivity index (χ4n) is 4.08. The maximum atomic E-state index is 14.0. The highest BCUT2D eigenvalue weighted by Crippen LogP contribution is 2.41. The van der Waals surface area contributed by atoms with Gasteiger partial charge in [-0.25, -0.2) is 13.8 Å². The monoisotopic (exact) mass is 391 g/mol. The van der Waals surface area contributed by atoms with Gasteiger partial charge in [-0.3, -0.25) is 9.59 Å². The van der Waals surface area contributed by atoms with Crippen LogP contribution in [-0.4, -0.2) is 46.2 Å².